The smallest absolute Gasteiger partial charge is 0.290 e. The minimum atomic E-state index is -0.247. The fourth-order valence-electron chi connectivity index (χ4n) is 1.47. The van der Waals surface area contributed by atoms with Crippen LogP contribution in [0.4, 0.5) is 0 Å². The van der Waals surface area contributed by atoms with Crippen LogP contribution >= 0.6 is 11.6 Å². The number of hydrogen-bond donors (Lipinski definition) is 1. The minimum Gasteiger partial charge on any atom is -0.426 e. The predicted octanol–water partition coefficient (Wildman–Crippen LogP) is 3.87. The molecular formula is C14H14ClNO3. The summed E-state index contributed by atoms with van der Waals surface area (Å²) < 4.78 is 10.8. The zero-order chi connectivity index (χ0) is 13.7. The van der Waals surface area contributed by atoms with Gasteiger partial charge in [0, 0.05) is 17.6 Å². The van der Waals surface area contributed by atoms with E-state index >= 15 is 0 Å². The first-order valence-electron chi connectivity index (χ1n) is 6.00. The molecule has 5 heteroatoms. The van der Waals surface area contributed by atoms with Gasteiger partial charge in [-0.2, -0.15) is 0 Å². The maximum atomic E-state index is 11.6. The molecule has 1 aromatic carbocycles. The molecule has 0 aliphatic heterocycles. The highest BCUT2D eigenvalue weighted by Gasteiger charge is 2.11. The zero-order valence-corrected chi connectivity index (χ0v) is 11.2. The summed E-state index contributed by atoms with van der Waals surface area (Å²) in [6.45, 7) is 2.60. The second kappa shape index (κ2) is 6.29. The highest BCUT2D eigenvalue weighted by atomic mass is 35.5. The summed E-state index contributed by atoms with van der Waals surface area (Å²) >= 11 is 5.85. The molecule has 0 bridgehead atoms. The van der Waals surface area contributed by atoms with Crippen LogP contribution < -0.4 is 10.1 Å². The van der Waals surface area contributed by atoms with Crippen LogP contribution in [0.1, 0.15) is 23.9 Å². The van der Waals surface area contributed by atoms with Gasteiger partial charge in [-0.1, -0.05) is 24.6 Å². The molecule has 0 saturated carbocycles. The van der Waals surface area contributed by atoms with Crippen LogP contribution in [-0.2, 0) is 0 Å². The summed E-state index contributed by atoms with van der Waals surface area (Å²) in [7, 11) is 0. The van der Waals surface area contributed by atoms with Crippen LogP contribution in [0.25, 0.3) is 0 Å². The standard InChI is InChI=1S/C14H14ClNO3/c1-2-8-16-14(17)12-6-7-13(19-12)18-11-5-3-4-10(15)9-11/h3-7,9H,2,8H2,1H3,(H,16,17). The Labute approximate surface area is 116 Å². The van der Waals surface area contributed by atoms with E-state index in [0.717, 1.165) is 6.42 Å². The number of nitrogens with one attached hydrogen (secondary N) is 1. The van der Waals surface area contributed by atoms with Crippen LogP contribution in [0.3, 0.4) is 0 Å². The Morgan fingerprint density at radius 1 is 1.37 bits per heavy atom. The molecule has 0 aliphatic rings. The monoisotopic (exact) mass is 279 g/mol. The molecule has 0 spiro atoms. The molecule has 0 aliphatic carbocycles. The van der Waals surface area contributed by atoms with Crippen molar-refractivity contribution in [2.45, 2.75) is 13.3 Å². The Balaban J connectivity index is 2.03. The fourth-order valence-corrected chi connectivity index (χ4v) is 1.65. The van der Waals surface area contributed by atoms with E-state index in [1.54, 1.807) is 36.4 Å². The van der Waals surface area contributed by atoms with E-state index in [-0.39, 0.29) is 17.6 Å². The lowest BCUT2D eigenvalue weighted by Gasteiger charge is -2.02. The number of carbonyl (C=O) groups is 1. The van der Waals surface area contributed by atoms with Crippen molar-refractivity contribution in [3.63, 3.8) is 0 Å². The predicted molar refractivity (Wildman–Crippen MR) is 72.9 cm³/mol. The van der Waals surface area contributed by atoms with E-state index in [2.05, 4.69) is 5.32 Å². The zero-order valence-electron chi connectivity index (χ0n) is 10.5. The maximum absolute atomic E-state index is 11.6. The third-order valence-corrected chi connectivity index (χ3v) is 2.59. The number of halogens is 1. The number of carbonyl (C=O) groups excluding carboxylic acids is 1. The third-order valence-electron chi connectivity index (χ3n) is 2.36. The Bertz CT molecular complexity index is 565. The number of hydrogen-bond acceptors (Lipinski definition) is 3. The van der Waals surface area contributed by atoms with Crippen molar-refractivity contribution in [3.05, 3.63) is 47.2 Å². The molecule has 1 amide bonds. The van der Waals surface area contributed by atoms with E-state index in [1.165, 1.54) is 0 Å². The van der Waals surface area contributed by atoms with Gasteiger partial charge in [-0.3, -0.25) is 4.79 Å². The Kier molecular flexibility index (Phi) is 4.47. The van der Waals surface area contributed by atoms with E-state index in [0.29, 0.717) is 17.3 Å². The van der Waals surface area contributed by atoms with Gasteiger partial charge >= 0.3 is 0 Å². The van der Waals surface area contributed by atoms with E-state index in [4.69, 9.17) is 20.8 Å². The average molecular weight is 280 g/mol. The second-order valence-electron chi connectivity index (χ2n) is 3.93. The largest absolute Gasteiger partial charge is 0.426 e. The Morgan fingerprint density at radius 3 is 2.95 bits per heavy atom. The van der Waals surface area contributed by atoms with Crippen LogP contribution in [0.5, 0.6) is 11.7 Å². The number of benzene rings is 1. The highest BCUT2D eigenvalue weighted by molar-refractivity contribution is 6.30. The molecule has 0 atom stereocenters. The molecule has 2 rings (SSSR count). The second-order valence-corrected chi connectivity index (χ2v) is 4.37. The van der Waals surface area contributed by atoms with Gasteiger partial charge in [-0.05, 0) is 30.7 Å². The molecule has 1 aromatic heterocycles. The van der Waals surface area contributed by atoms with E-state index in [1.807, 2.05) is 6.92 Å². The van der Waals surface area contributed by atoms with Crippen LogP contribution in [-0.4, -0.2) is 12.5 Å². The summed E-state index contributed by atoms with van der Waals surface area (Å²) in [5, 5.41) is 3.30. The number of furan rings is 1. The highest BCUT2D eigenvalue weighted by Crippen LogP contribution is 2.25. The molecule has 4 nitrogen and oxygen atoms in total. The van der Waals surface area contributed by atoms with Crippen molar-refractivity contribution < 1.29 is 13.9 Å². The van der Waals surface area contributed by atoms with Gasteiger partial charge in [0.15, 0.2) is 5.76 Å². The summed E-state index contributed by atoms with van der Waals surface area (Å²) in [5.41, 5.74) is 0. The van der Waals surface area contributed by atoms with Crippen molar-refractivity contribution in [1.82, 2.24) is 5.32 Å². The van der Waals surface area contributed by atoms with Crippen LogP contribution in [0.15, 0.2) is 40.8 Å². The molecule has 0 fully saturated rings. The number of ether oxygens (including phenoxy) is 1. The molecule has 19 heavy (non-hydrogen) atoms. The van der Waals surface area contributed by atoms with Gasteiger partial charge in [-0.15, -0.1) is 0 Å². The molecule has 1 N–H and O–H groups in total. The molecule has 1 heterocycles. The van der Waals surface area contributed by atoms with Gasteiger partial charge in [0.2, 0.25) is 0 Å². The van der Waals surface area contributed by atoms with Gasteiger partial charge in [0.1, 0.15) is 5.75 Å². The van der Waals surface area contributed by atoms with Gasteiger partial charge < -0.3 is 14.5 Å². The lowest BCUT2D eigenvalue weighted by molar-refractivity contribution is 0.0921. The van der Waals surface area contributed by atoms with Crippen molar-refractivity contribution in [1.29, 1.82) is 0 Å². The first kappa shape index (κ1) is 13.5. The van der Waals surface area contributed by atoms with Crippen molar-refractivity contribution >= 4 is 17.5 Å². The topological polar surface area (TPSA) is 51.5 Å². The molecule has 0 saturated heterocycles. The third kappa shape index (κ3) is 3.76. The molecule has 100 valence electrons. The van der Waals surface area contributed by atoms with Gasteiger partial charge in [0.05, 0.1) is 0 Å². The number of amides is 1. The van der Waals surface area contributed by atoms with E-state index < -0.39 is 0 Å². The van der Waals surface area contributed by atoms with E-state index in [9.17, 15) is 4.79 Å². The summed E-state index contributed by atoms with van der Waals surface area (Å²) in [4.78, 5) is 11.6. The SMILES string of the molecule is CCCNC(=O)c1ccc(Oc2cccc(Cl)c2)o1. The van der Waals surface area contributed by atoms with Crippen LogP contribution in [0, 0.1) is 0 Å². The average Bonchev–Trinajstić information content (AvgIpc) is 2.84. The summed E-state index contributed by atoms with van der Waals surface area (Å²) in [6, 6.07) is 10.1. The Hall–Kier alpha value is -1.94. The normalized spacial score (nSPS) is 10.2. The molecule has 0 unspecified atom stereocenters. The first-order valence-corrected chi connectivity index (χ1v) is 6.38. The lowest BCUT2D eigenvalue weighted by atomic mass is 10.3. The van der Waals surface area contributed by atoms with Gasteiger partial charge in [-0.25, -0.2) is 0 Å². The number of rotatable bonds is 5. The first-order chi connectivity index (χ1) is 9.19. The van der Waals surface area contributed by atoms with Crippen molar-refractivity contribution in [3.8, 4) is 11.7 Å². The fraction of sp³-hybridized carbons (Fsp3) is 0.214. The maximum Gasteiger partial charge on any atom is 0.290 e. The lowest BCUT2D eigenvalue weighted by Crippen LogP contribution is -2.23. The van der Waals surface area contributed by atoms with Crippen molar-refractivity contribution in [2.75, 3.05) is 6.54 Å². The van der Waals surface area contributed by atoms with Crippen molar-refractivity contribution in [2.24, 2.45) is 0 Å². The minimum absolute atomic E-state index is 0.227. The summed E-state index contributed by atoms with van der Waals surface area (Å²) in [6.07, 6.45) is 0.873. The Morgan fingerprint density at radius 2 is 2.21 bits per heavy atom. The molecule has 0 radical (unpaired) electrons. The molecular weight excluding hydrogens is 266 g/mol. The molecule has 2 aromatic rings. The summed E-state index contributed by atoms with van der Waals surface area (Å²) in [5.74, 6) is 0.791. The quantitative estimate of drug-likeness (QED) is 0.904. The van der Waals surface area contributed by atoms with Gasteiger partial charge in [0.25, 0.3) is 11.9 Å². The van der Waals surface area contributed by atoms with Crippen LogP contribution in [0.2, 0.25) is 5.02 Å².